The van der Waals surface area contributed by atoms with Gasteiger partial charge in [-0.05, 0) is 11.6 Å². The quantitative estimate of drug-likeness (QED) is 0.658. The summed E-state index contributed by atoms with van der Waals surface area (Å²) in [6.45, 7) is 4.12. The summed E-state index contributed by atoms with van der Waals surface area (Å²) in [5.41, 5.74) is 2.35. The number of benzene rings is 2. The van der Waals surface area contributed by atoms with Gasteiger partial charge >= 0.3 is 0 Å². The van der Waals surface area contributed by atoms with Crippen molar-refractivity contribution in [3.05, 3.63) is 76.8 Å². The number of para-hydroxylation sites is 1. The number of nitrogens with zero attached hydrogens (tertiary/aromatic N) is 2. The highest BCUT2D eigenvalue weighted by Gasteiger charge is 2.19. The highest BCUT2D eigenvalue weighted by atomic mass is 32.1. The first kappa shape index (κ1) is 18.9. The van der Waals surface area contributed by atoms with Crippen LogP contribution < -0.4 is 15.0 Å². The monoisotopic (exact) mass is 395 g/mol. The average Bonchev–Trinajstić information content (AvgIpc) is 3.25. The lowest BCUT2D eigenvalue weighted by molar-refractivity contribution is 0.122. The number of hydrogen-bond acceptors (Lipinski definition) is 6. The van der Waals surface area contributed by atoms with Crippen molar-refractivity contribution in [2.24, 2.45) is 0 Å². The highest BCUT2D eigenvalue weighted by molar-refractivity contribution is 7.15. The molecule has 0 spiro atoms. The van der Waals surface area contributed by atoms with Gasteiger partial charge in [0.15, 0.2) is 5.13 Å². The zero-order valence-corrected chi connectivity index (χ0v) is 16.8. The standard InChI is InChI=1S/C22H25N3O2S/c1-26-20-10-6-5-9-19(20)21(17-7-3-2-4-8-17)23-15-18-16-24-22(28-18)25-11-13-27-14-12-25/h2-10,16,21,23H,11-15H2,1H3. The minimum absolute atomic E-state index is 0.0475. The number of hydrogen-bond donors (Lipinski definition) is 1. The molecule has 5 nitrogen and oxygen atoms in total. The van der Waals surface area contributed by atoms with Crippen LogP contribution in [0.2, 0.25) is 0 Å². The fourth-order valence-electron chi connectivity index (χ4n) is 3.44. The molecule has 2 aromatic carbocycles. The number of ether oxygens (including phenoxy) is 2. The third kappa shape index (κ3) is 4.35. The van der Waals surface area contributed by atoms with E-state index >= 15 is 0 Å². The molecule has 0 aliphatic carbocycles. The number of rotatable bonds is 7. The minimum Gasteiger partial charge on any atom is -0.496 e. The van der Waals surface area contributed by atoms with Gasteiger partial charge in [-0.1, -0.05) is 48.5 Å². The van der Waals surface area contributed by atoms with Crippen molar-refractivity contribution in [2.45, 2.75) is 12.6 Å². The van der Waals surface area contributed by atoms with Gasteiger partial charge in [0, 0.05) is 36.3 Å². The van der Waals surface area contributed by atoms with Crippen LogP contribution in [0.4, 0.5) is 5.13 Å². The van der Waals surface area contributed by atoms with Crippen LogP contribution in [0.15, 0.2) is 60.8 Å². The maximum Gasteiger partial charge on any atom is 0.185 e. The van der Waals surface area contributed by atoms with Crippen LogP contribution in [0.3, 0.4) is 0 Å². The Bertz CT molecular complexity index is 878. The summed E-state index contributed by atoms with van der Waals surface area (Å²) in [6.07, 6.45) is 1.98. The van der Waals surface area contributed by atoms with Gasteiger partial charge in [0.1, 0.15) is 5.75 Å². The molecule has 1 aliphatic heterocycles. The van der Waals surface area contributed by atoms with Crippen molar-refractivity contribution in [1.82, 2.24) is 10.3 Å². The number of anilines is 1. The van der Waals surface area contributed by atoms with Gasteiger partial charge < -0.3 is 19.7 Å². The van der Waals surface area contributed by atoms with Gasteiger partial charge in [-0.15, -0.1) is 11.3 Å². The maximum absolute atomic E-state index is 5.62. The normalized spacial score (nSPS) is 15.4. The molecule has 3 aromatic rings. The summed E-state index contributed by atoms with van der Waals surface area (Å²) in [6, 6.07) is 18.7. The molecule has 0 saturated carbocycles. The zero-order chi connectivity index (χ0) is 19.2. The molecule has 4 rings (SSSR count). The average molecular weight is 396 g/mol. The Balaban J connectivity index is 1.53. The Morgan fingerprint density at radius 1 is 1.11 bits per heavy atom. The van der Waals surface area contributed by atoms with Crippen LogP contribution in [-0.4, -0.2) is 38.4 Å². The van der Waals surface area contributed by atoms with Crippen LogP contribution in [-0.2, 0) is 11.3 Å². The maximum atomic E-state index is 5.62. The Labute approximate surface area is 169 Å². The van der Waals surface area contributed by atoms with Gasteiger partial charge in [-0.3, -0.25) is 0 Å². The van der Waals surface area contributed by atoms with Crippen LogP contribution in [0, 0.1) is 0 Å². The molecule has 0 bridgehead atoms. The second-order valence-corrected chi connectivity index (χ2v) is 7.77. The van der Waals surface area contributed by atoms with Gasteiger partial charge in [-0.25, -0.2) is 4.98 Å². The molecule has 1 aliphatic rings. The summed E-state index contributed by atoms with van der Waals surface area (Å²) < 4.78 is 11.1. The molecule has 1 atom stereocenters. The van der Waals surface area contributed by atoms with Crippen LogP contribution in [0.5, 0.6) is 5.75 Å². The summed E-state index contributed by atoms with van der Waals surface area (Å²) in [4.78, 5) is 8.14. The van der Waals surface area contributed by atoms with E-state index in [0.29, 0.717) is 0 Å². The van der Waals surface area contributed by atoms with E-state index < -0.39 is 0 Å². The lowest BCUT2D eigenvalue weighted by atomic mass is 9.98. The number of thiazole rings is 1. The summed E-state index contributed by atoms with van der Waals surface area (Å²) in [5, 5.41) is 4.78. The Morgan fingerprint density at radius 3 is 2.64 bits per heavy atom. The first-order valence-electron chi connectivity index (χ1n) is 9.54. The van der Waals surface area contributed by atoms with E-state index in [4.69, 9.17) is 9.47 Å². The van der Waals surface area contributed by atoms with Crippen molar-refractivity contribution in [1.29, 1.82) is 0 Å². The van der Waals surface area contributed by atoms with Crippen molar-refractivity contribution in [3.63, 3.8) is 0 Å². The highest BCUT2D eigenvalue weighted by Crippen LogP contribution is 2.31. The van der Waals surface area contributed by atoms with Crippen molar-refractivity contribution in [2.75, 3.05) is 38.3 Å². The molecule has 1 aromatic heterocycles. The topological polar surface area (TPSA) is 46.6 Å². The SMILES string of the molecule is COc1ccccc1C(NCc1cnc(N2CCOCC2)s1)c1ccccc1. The molecule has 0 amide bonds. The molecule has 1 unspecified atom stereocenters. The molecule has 1 saturated heterocycles. The summed E-state index contributed by atoms with van der Waals surface area (Å²) in [5.74, 6) is 0.891. The van der Waals surface area contributed by atoms with E-state index in [-0.39, 0.29) is 6.04 Å². The second-order valence-electron chi connectivity index (χ2n) is 6.68. The predicted octanol–water partition coefficient (Wildman–Crippen LogP) is 3.87. The fourth-order valence-corrected chi connectivity index (χ4v) is 4.35. The number of morpholine rings is 1. The number of methoxy groups -OCH3 is 1. The van der Waals surface area contributed by atoms with E-state index in [1.807, 2.05) is 24.4 Å². The first-order valence-corrected chi connectivity index (χ1v) is 10.4. The molecule has 28 heavy (non-hydrogen) atoms. The van der Waals surface area contributed by atoms with E-state index in [1.165, 1.54) is 10.4 Å². The summed E-state index contributed by atoms with van der Waals surface area (Å²) in [7, 11) is 1.72. The van der Waals surface area contributed by atoms with E-state index in [0.717, 1.165) is 49.3 Å². The molecule has 146 valence electrons. The first-order chi connectivity index (χ1) is 13.8. The van der Waals surface area contributed by atoms with Crippen molar-refractivity contribution >= 4 is 16.5 Å². The van der Waals surface area contributed by atoms with Gasteiger partial charge in [0.2, 0.25) is 0 Å². The molecular weight excluding hydrogens is 370 g/mol. The van der Waals surface area contributed by atoms with Crippen LogP contribution >= 0.6 is 11.3 Å². The molecule has 1 N–H and O–H groups in total. The lowest BCUT2D eigenvalue weighted by Crippen LogP contribution is -2.36. The smallest absolute Gasteiger partial charge is 0.185 e. The third-order valence-electron chi connectivity index (χ3n) is 4.89. The molecular formula is C22H25N3O2S. The Kier molecular flexibility index (Phi) is 6.21. The molecule has 1 fully saturated rings. The van der Waals surface area contributed by atoms with Crippen molar-refractivity contribution in [3.8, 4) is 5.75 Å². The van der Waals surface area contributed by atoms with E-state index in [2.05, 4.69) is 51.6 Å². The van der Waals surface area contributed by atoms with Gasteiger partial charge in [0.25, 0.3) is 0 Å². The van der Waals surface area contributed by atoms with E-state index in [9.17, 15) is 0 Å². The second kappa shape index (κ2) is 9.19. The predicted molar refractivity (Wildman–Crippen MR) is 113 cm³/mol. The molecule has 6 heteroatoms. The molecule has 2 heterocycles. The third-order valence-corrected chi connectivity index (χ3v) is 5.94. The molecule has 0 radical (unpaired) electrons. The van der Waals surface area contributed by atoms with Crippen molar-refractivity contribution < 1.29 is 9.47 Å². The summed E-state index contributed by atoms with van der Waals surface area (Å²) >= 11 is 1.75. The van der Waals surface area contributed by atoms with Gasteiger partial charge in [-0.2, -0.15) is 0 Å². The largest absolute Gasteiger partial charge is 0.496 e. The Hall–Kier alpha value is -2.41. The number of nitrogens with one attached hydrogen (secondary N) is 1. The van der Waals surface area contributed by atoms with E-state index in [1.54, 1.807) is 18.4 Å². The van der Waals surface area contributed by atoms with Crippen LogP contribution in [0.25, 0.3) is 0 Å². The lowest BCUT2D eigenvalue weighted by Gasteiger charge is -2.26. The van der Waals surface area contributed by atoms with Crippen LogP contribution in [0.1, 0.15) is 22.0 Å². The minimum atomic E-state index is 0.0475. The van der Waals surface area contributed by atoms with Gasteiger partial charge in [0.05, 0.1) is 26.4 Å². The number of aromatic nitrogens is 1. The zero-order valence-electron chi connectivity index (χ0n) is 16.0. The Morgan fingerprint density at radius 2 is 1.86 bits per heavy atom. The fraction of sp³-hybridized carbons (Fsp3) is 0.318.